The van der Waals surface area contributed by atoms with E-state index in [1.807, 2.05) is 0 Å². The molecular weight excluding hydrogens is 271 g/mol. The highest BCUT2D eigenvalue weighted by Crippen LogP contribution is 2.07. The number of benzene rings is 1. The van der Waals surface area contributed by atoms with Crippen LogP contribution in [0.1, 0.15) is 5.56 Å². The molecule has 4 nitrogen and oxygen atoms in total. The quantitative estimate of drug-likeness (QED) is 0.902. The molecular formula is C13H18ClFN2O2. The van der Waals surface area contributed by atoms with Crippen molar-refractivity contribution in [3.05, 3.63) is 35.6 Å². The molecule has 1 saturated heterocycles. The van der Waals surface area contributed by atoms with Crippen LogP contribution in [0.15, 0.2) is 24.3 Å². The van der Waals surface area contributed by atoms with Gasteiger partial charge in [0.1, 0.15) is 5.82 Å². The maximum absolute atomic E-state index is 12.8. The number of ether oxygens (including phenoxy) is 1. The molecule has 1 atom stereocenters. The minimum absolute atomic E-state index is 0. The summed E-state index contributed by atoms with van der Waals surface area (Å²) in [5.74, 6) is -0.352. The summed E-state index contributed by atoms with van der Waals surface area (Å²) >= 11 is 0. The summed E-state index contributed by atoms with van der Waals surface area (Å²) in [5.41, 5.74) is 6.76. The van der Waals surface area contributed by atoms with E-state index in [9.17, 15) is 9.18 Å². The molecule has 1 aromatic rings. The fourth-order valence-electron chi connectivity index (χ4n) is 1.98. The van der Waals surface area contributed by atoms with Crippen LogP contribution in [0.25, 0.3) is 0 Å². The molecule has 106 valence electrons. The highest BCUT2D eigenvalue weighted by atomic mass is 35.5. The van der Waals surface area contributed by atoms with Crippen LogP contribution in [0, 0.1) is 5.82 Å². The van der Waals surface area contributed by atoms with Crippen molar-refractivity contribution in [2.75, 3.05) is 26.3 Å². The molecule has 0 bridgehead atoms. The van der Waals surface area contributed by atoms with Gasteiger partial charge in [0.15, 0.2) is 0 Å². The largest absolute Gasteiger partial charge is 0.378 e. The van der Waals surface area contributed by atoms with Crippen LogP contribution in [-0.4, -0.2) is 43.2 Å². The van der Waals surface area contributed by atoms with Gasteiger partial charge in [-0.05, 0) is 24.1 Å². The van der Waals surface area contributed by atoms with Crippen LogP contribution in [-0.2, 0) is 16.0 Å². The zero-order valence-corrected chi connectivity index (χ0v) is 11.4. The fraction of sp³-hybridized carbons (Fsp3) is 0.462. The Morgan fingerprint density at radius 2 is 1.89 bits per heavy atom. The van der Waals surface area contributed by atoms with Crippen molar-refractivity contribution in [3.63, 3.8) is 0 Å². The molecule has 1 aliphatic heterocycles. The second-order valence-electron chi connectivity index (χ2n) is 4.37. The van der Waals surface area contributed by atoms with E-state index in [0.29, 0.717) is 32.7 Å². The first kappa shape index (κ1) is 15.9. The topological polar surface area (TPSA) is 55.6 Å². The van der Waals surface area contributed by atoms with E-state index in [4.69, 9.17) is 10.5 Å². The molecule has 0 aromatic heterocycles. The summed E-state index contributed by atoms with van der Waals surface area (Å²) in [7, 11) is 0. The molecule has 0 saturated carbocycles. The second kappa shape index (κ2) is 7.43. The maximum Gasteiger partial charge on any atom is 0.239 e. The van der Waals surface area contributed by atoms with E-state index in [1.165, 1.54) is 12.1 Å². The van der Waals surface area contributed by atoms with E-state index < -0.39 is 6.04 Å². The molecule has 1 aromatic carbocycles. The van der Waals surface area contributed by atoms with Gasteiger partial charge in [-0.1, -0.05) is 12.1 Å². The van der Waals surface area contributed by atoms with Gasteiger partial charge in [0, 0.05) is 13.1 Å². The normalized spacial score (nSPS) is 16.6. The SMILES string of the molecule is Cl.N[C@@H](Cc1ccc(F)cc1)C(=O)N1CCOCC1. The van der Waals surface area contributed by atoms with Crippen molar-refractivity contribution in [2.45, 2.75) is 12.5 Å². The lowest BCUT2D eigenvalue weighted by atomic mass is 10.1. The van der Waals surface area contributed by atoms with Gasteiger partial charge >= 0.3 is 0 Å². The average Bonchev–Trinajstić information content (AvgIpc) is 2.41. The predicted octanol–water partition coefficient (Wildman–Crippen LogP) is 0.976. The van der Waals surface area contributed by atoms with Gasteiger partial charge in [-0.3, -0.25) is 4.79 Å². The van der Waals surface area contributed by atoms with Crippen molar-refractivity contribution in [1.29, 1.82) is 0 Å². The van der Waals surface area contributed by atoms with Crippen molar-refractivity contribution in [2.24, 2.45) is 5.73 Å². The molecule has 19 heavy (non-hydrogen) atoms. The monoisotopic (exact) mass is 288 g/mol. The maximum atomic E-state index is 12.8. The molecule has 1 amide bonds. The zero-order valence-electron chi connectivity index (χ0n) is 10.5. The Hall–Kier alpha value is -1.17. The van der Waals surface area contributed by atoms with Crippen LogP contribution in [0.3, 0.4) is 0 Å². The Balaban J connectivity index is 0.00000180. The molecule has 1 fully saturated rings. The van der Waals surface area contributed by atoms with E-state index in [1.54, 1.807) is 17.0 Å². The Morgan fingerprint density at radius 1 is 1.32 bits per heavy atom. The van der Waals surface area contributed by atoms with Gasteiger partial charge in [0.25, 0.3) is 0 Å². The van der Waals surface area contributed by atoms with Gasteiger partial charge in [-0.15, -0.1) is 12.4 Å². The lowest BCUT2D eigenvalue weighted by Gasteiger charge is -2.29. The smallest absolute Gasteiger partial charge is 0.239 e. The Labute approximate surface area is 118 Å². The first-order valence-electron chi connectivity index (χ1n) is 6.03. The third-order valence-corrected chi connectivity index (χ3v) is 3.01. The van der Waals surface area contributed by atoms with E-state index in [-0.39, 0.29) is 24.1 Å². The van der Waals surface area contributed by atoms with Gasteiger partial charge in [-0.25, -0.2) is 4.39 Å². The Kier molecular flexibility index (Phi) is 6.21. The van der Waals surface area contributed by atoms with Crippen molar-refractivity contribution in [3.8, 4) is 0 Å². The standard InChI is InChI=1S/C13H17FN2O2.ClH/c14-11-3-1-10(2-4-11)9-12(15)13(17)16-5-7-18-8-6-16;/h1-4,12H,5-9,15H2;1H/t12-;/m0./s1. The lowest BCUT2D eigenvalue weighted by Crippen LogP contribution is -2.49. The van der Waals surface area contributed by atoms with Crippen LogP contribution in [0.2, 0.25) is 0 Å². The molecule has 0 spiro atoms. The van der Waals surface area contributed by atoms with Crippen molar-refractivity contribution >= 4 is 18.3 Å². The molecule has 1 heterocycles. The van der Waals surface area contributed by atoms with Gasteiger partial charge in [0.05, 0.1) is 19.3 Å². The van der Waals surface area contributed by atoms with Crippen LogP contribution >= 0.6 is 12.4 Å². The first-order chi connectivity index (χ1) is 8.66. The van der Waals surface area contributed by atoms with E-state index in [0.717, 1.165) is 5.56 Å². The van der Waals surface area contributed by atoms with Crippen molar-refractivity contribution in [1.82, 2.24) is 4.90 Å². The van der Waals surface area contributed by atoms with Gasteiger partial charge in [-0.2, -0.15) is 0 Å². The minimum atomic E-state index is -0.575. The van der Waals surface area contributed by atoms with Crippen LogP contribution in [0.5, 0.6) is 0 Å². The summed E-state index contributed by atoms with van der Waals surface area (Å²) in [6.07, 6.45) is 0.427. The summed E-state index contributed by atoms with van der Waals surface area (Å²) in [5, 5.41) is 0. The molecule has 0 unspecified atom stereocenters. The summed E-state index contributed by atoms with van der Waals surface area (Å²) in [6, 6.07) is 5.49. The second-order valence-corrected chi connectivity index (χ2v) is 4.37. The Morgan fingerprint density at radius 3 is 2.47 bits per heavy atom. The molecule has 0 radical (unpaired) electrons. The lowest BCUT2D eigenvalue weighted by molar-refractivity contribution is -0.136. The molecule has 1 aliphatic rings. The van der Waals surface area contributed by atoms with Crippen LogP contribution < -0.4 is 5.73 Å². The average molecular weight is 289 g/mol. The number of rotatable bonds is 3. The number of nitrogens with two attached hydrogens (primary N) is 1. The number of hydrogen-bond acceptors (Lipinski definition) is 3. The number of hydrogen-bond donors (Lipinski definition) is 1. The van der Waals surface area contributed by atoms with E-state index >= 15 is 0 Å². The fourth-order valence-corrected chi connectivity index (χ4v) is 1.98. The number of nitrogens with zero attached hydrogens (tertiary/aromatic N) is 1. The van der Waals surface area contributed by atoms with Gasteiger partial charge < -0.3 is 15.4 Å². The van der Waals surface area contributed by atoms with Crippen molar-refractivity contribution < 1.29 is 13.9 Å². The highest BCUT2D eigenvalue weighted by Gasteiger charge is 2.22. The summed E-state index contributed by atoms with van der Waals surface area (Å²) in [6.45, 7) is 2.32. The Bertz CT molecular complexity index is 408. The number of morpholine rings is 1. The molecule has 2 rings (SSSR count). The number of halogens is 2. The third-order valence-electron chi connectivity index (χ3n) is 3.01. The number of amides is 1. The zero-order chi connectivity index (χ0) is 13.0. The minimum Gasteiger partial charge on any atom is -0.378 e. The molecule has 2 N–H and O–H groups in total. The third kappa shape index (κ3) is 4.45. The molecule has 6 heteroatoms. The number of carbonyl (C=O) groups excluding carboxylic acids is 1. The van der Waals surface area contributed by atoms with E-state index in [2.05, 4.69) is 0 Å². The predicted molar refractivity (Wildman–Crippen MR) is 72.7 cm³/mol. The summed E-state index contributed by atoms with van der Waals surface area (Å²) in [4.78, 5) is 13.8. The molecule has 0 aliphatic carbocycles. The number of carbonyl (C=O) groups is 1. The highest BCUT2D eigenvalue weighted by molar-refractivity contribution is 5.85. The van der Waals surface area contributed by atoms with Crippen LogP contribution in [0.4, 0.5) is 4.39 Å². The first-order valence-corrected chi connectivity index (χ1v) is 6.03. The van der Waals surface area contributed by atoms with Gasteiger partial charge in [0.2, 0.25) is 5.91 Å². The summed E-state index contributed by atoms with van der Waals surface area (Å²) < 4.78 is 17.9.